The predicted octanol–water partition coefficient (Wildman–Crippen LogP) is 4.72. The number of nitriles is 1. The molecule has 1 heterocycles. The van der Waals surface area contributed by atoms with Crippen molar-refractivity contribution in [1.82, 2.24) is 4.98 Å². The number of esters is 1. The second-order valence-corrected chi connectivity index (χ2v) is 6.22. The van der Waals surface area contributed by atoms with Gasteiger partial charge in [-0.1, -0.05) is 41.9 Å². The van der Waals surface area contributed by atoms with Gasteiger partial charge in [0.25, 0.3) is 0 Å². The Morgan fingerprint density at radius 1 is 1.19 bits per heavy atom. The van der Waals surface area contributed by atoms with Crippen LogP contribution < -0.4 is 0 Å². The highest BCUT2D eigenvalue weighted by Crippen LogP contribution is 2.24. The molecule has 2 rings (SSSR count). The fourth-order valence-electron chi connectivity index (χ4n) is 2.69. The zero-order valence-electron chi connectivity index (χ0n) is 15.3. The van der Waals surface area contributed by atoms with Crippen molar-refractivity contribution in [1.29, 1.82) is 5.26 Å². The minimum Gasteiger partial charge on any atom is -0.462 e. The van der Waals surface area contributed by atoms with E-state index < -0.39 is 11.8 Å². The van der Waals surface area contributed by atoms with E-state index in [9.17, 15) is 14.9 Å². The lowest BCUT2D eigenvalue weighted by molar-refractivity contribution is 0.0523. The summed E-state index contributed by atoms with van der Waals surface area (Å²) in [5.41, 5.74) is 1.94. The van der Waals surface area contributed by atoms with E-state index in [1.165, 1.54) is 6.08 Å². The van der Waals surface area contributed by atoms with Gasteiger partial charge in [-0.05, 0) is 38.5 Å². The quantitative estimate of drug-likeness (QED) is 0.257. The standard InChI is InChI=1S/C21H19ClN2O3/c1-4-27-21(26)19-14(3)24-13(2)18(19)20(25)16(12-23)11-17(22)10-15-8-6-5-7-9-15/h5-11,24H,4H2,1-3H3/b16-11+,17-10-. The van der Waals surface area contributed by atoms with Crippen LogP contribution in [-0.2, 0) is 4.74 Å². The van der Waals surface area contributed by atoms with Gasteiger partial charge in [-0.15, -0.1) is 0 Å². The number of rotatable bonds is 6. The fourth-order valence-corrected chi connectivity index (χ4v) is 2.93. The van der Waals surface area contributed by atoms with Crippen LogP contribution >= 0.6 is 11.6 Å². The molecule has 0 aliphatic carbocycles. The lowest BCUT2D eigenvalue weighted by atomic mass is 9.99. The van der Waals surface area contributed by atoms with Crippen LogP contribution in [-0.4, -0.2) is 23.3 Å². The van der Waals surface area contributed by atoms with Crippen LogP contribution in [0.15, 0.2) is 47.0 Å². The molecule has 0 aliphatic rings. The maximum atomic E-state index is 12.9. The van der Waals surface area contributed by atoms with E-state index >= 15 is 0 Å². The van der Waals surface area contributed by atoms with Crippen molar-refractivity contribution in [2.75, 3.05) is 6.61 Å². The number of Topliss-reactive ketones (excluding diaryl/α,β-unsaturated/α-hetero) is 1. The van der Waals surface area contributed by atoms with Crippen LogP contribution in [0.4, 0.5) is 0 Å². The number of carbonyl (C=O) groups is 2. The van der Waals surface area contributed by atoms with E-state index in [2.05, 4.69) is 4.98 Å². The minimum absolute atomic E-state index is 0.128. The number of H-pyrrole nitrogens is 1. The Morgan fingerprint density at radius 2 is 1.81 bits per heavy atom. The van der Waals surface area contributed by atoms with Crippen molar-refractivity contribution in [3.63, 3.8) is 0 Å². The van der Waals surface area contributed by atoms with E-state index in [0.29, 0.717) is 11.4 Å². The monoisotopic (exact) mass is 382 g/mol. The summed E-state index contributed by atoms with van der Waals surface area (Å²) in [6.45, 7) is 5.21. The lowest BCUT2D eigenvalue weighted by Crippen LogP contribution is -2.13. The average molecular weight is 383 g/mol. The number of aromatic nitrogens is 1. The fraction of sp³-hybridized carbons (Fsp3) is 0.190. The summed E-state index contributed by atoms with van der Waals surface area (Å²) >= 11 is 6.20. The Labute approximate surface area is 162 Å². The zero-order chi connectivity index (χ0) is 20.0. The molecule has 6 heteroatoms. The molecular formula is C21H19ClN2O3. The number of benzene rings is 1. The number of carbonyl (C=O) groups excluding carboxylic acids is 2. The number of ether oxygens (including phenoxy) is 1. The van der Waals surface area contributed by atoms with Gasteiger partial charge in [-0.2, -0.15) is 5.26 Å². The first-order valence-electron chi connectivity index (χ1n) is 8.34. The second-order valence-electron chi connectivity index (χ2n) is 5.78. The molecule has 2 aromatic rings. The maximum Gasteiger partial charge on any atom is 0.340 e. The maximum absolute atomic E-state index is 12.9. The van der Waals surface area contributed by atoms with Gasteiger partial charge in [0, 0.05) is 16.4 Å². The van der Waals surface area contributed by atoms with E-state index in [-0.39, 0.29) is 28.3 Å². The first-order valence-corrected chi connectivity index (χ1v) is 8.71. The normalized spacial score (nSPS) is 11.8. The highest BCUT2D eigenvalue weighted by atomic mass is 35.5. The van der Waals surface area contributed by atoms with Crippen LogP contribution in [0, 0.1) is 25.2 Å². The molecule has 27 heavy (non-hydrogen) atoms. The summed E-state index contributed by atoms with van der Waals surface area (Å²) < 4.78 is 5.04. The van der Waals surface area contributed by atoms with Crippen LogP contribution in [0.3, 0.4) is 0 Å². The van der Waals surface area contributed by atoms with Crippen LogP contribution in [0.1, 0.15) is 44.6 Å². The number of halogens is 1. The molecule has 0 saturated heterocycles. The number of nitrogens with one attached hydrogen (secondary N) is 1. The first kappa shape index (κ1) is 20.2. The van der Waals surface area contributed by atoms with Gasteiger partial charge in [-0.25, -0.2) is 4.79 Å². The van der Waals surface area contributed by atoms with Crippen molar-refractivity contribution in [3.05, 3.63) is 75.1 Å². The Bertz CT molecular complexity index is 963. The molecule has 0 fully saturated rings. The lowest BCUT2D eigenvalue weighted by Gasteiger charge is -2.05. The molecule has 0 unspecified atom stereocenters. The van der Waals surface area contributed by atoms with E-state index in [0.717, 1.165) is 5.56 Å². The largest absolute Gasteiger partial charge is 0.462 e. The van der Waals surface area contributed by atoms with Gasteiger partial charge in [0.15, 0.2) is 0 Å². The van der Waals surface area contributed by atoms with Crippen molar-refractivity contribution < 1.29 is 14.3 Å². The summed E-state index contributed by atoms with van der Waals surface area (Å²) in [6.07, 6.45) is 2.95. The second kappa shape index (κ2) is 9.02. The highest BCUT2D eigenvalue weighted by molar-refractivity contribution is 6.34. The Morgan fingerprint density at radius 3 is 2.41 bits per heavy atom. The number of nitrogens with zero attached hydrogens (tertiary/aromatic N) is 1. The SMILES string of the molecule is CCOC(=O)c1c(C)[nH]c(C)c1C(=O)/C(C#N)=C/C(Cl)=C/c1ccccc1. The summed E-state index contributed by atoms with van der Waals surface area (Å²) in [5.74, 6) is -1.19. The Balaban J connectivity index is 2.45. The Hall–Kier alpha value is -3.10. The van der Waals surface area contributed by atoms with E-state index in [1.807, 2.05) is 36.4 Å². The minimum atomic E-state index is -0.606. The molecule has 1 N–H and O–H groups in total. The molecule has 0 radical (unpaired) electrons. The van der Waals surface area contributed by atoms with Gasteiger partial charge in [0.2, 0.25) is 5.78 Å². The van der Waals surface area contributed by atoms with Crippen molar-refractivity contribution in [2.45, 2.75) is 20.8 Å². The topological polar surface area (TPSA) is 83.0 Å². The molecular weight excluding hydrogens is 364 g/mol. The van der Waals surface area contributed by atoms with Gasteiger partial charge in [0.1, 0.15) is 11.6 Å². The summed E-state index contributed by atoms with van der Waals surface area (Å²) in [4.78, 5) is 28.1. The molecule has 0 aliphatic heterocycles. The molecule has 0 bridgehead atoms. The van der Waals surface area contributed by atoms with Crippen LogP contribution in [0.25, 0.3) is 6.08 Å². The number of hydrogen-bond donors (Lipinski definition) is 1. The third-order valence-corrected chi connectivity index (χ3v) is 4.05. The highest BCUT2D eigenvalue weighted by Gasteiger charge is 2.27. The number of ketones is 1. The molecule has 0 atom stereocenters. The number of hydrogen-bond acceptors (Lipinski definition) is 4. The van der Waals surface area contributed by atoms with Gasteiger partial charge in [-0.3, -0.25) is 4.79 Å². The molecule has 0 spiro atoms. The van der Waals surface area contributed by atoms with E-state index in [1.54, 1.807) is 26.8 Å². The van der Waals surface area contributed by atoms with Gasteiger partial charge >= 0.3 is 5.97 Å². The van der Waals surface area contributed by atoms with Crippen LogP contribution in [0.2, 0.25) is 0 Å². The molecule has 138 valence electrons. The zero-order valence-corrected chi connectivity index (χ0v) is 16.1. The number of aryl methyl sites for hydroxylation is 2. The van der Waals surface area contributed by atoms with E-state index in [4.69, 9.17) is 16.3 Å². The molecule has 0 saturated carbocycles. The molecule has 0 amide bonds. The van der Waals surface area contributed by atoms with Gasteiger partial charge < -0.3 is 9.72 Å². The summed E-state index contributed by atoms with van der Waals surface area (Å²) in [5, 5.41) is 9.68. The van der Waals surface area contributed by atoms with Crippen molar-refractivity contribution in [2.24, 2.45) is 0 Å². The summed E-state index contributed by atoms with van der Waals surface area (Å²) in [7, 11) is 0. The smallest absolute Gasteiger partial charge is 0.340 e. The number of aromatic amines is 1. The third kappa shape index (κ3) is 4.75. The molecule has 1 aromatic carbocycles. The average Bonchev–Trinajstić information content (AvgIpc) is 2.94. The van der Waals surface area contributed by atoms with Crippen molar-refractivity contribution in [3.8, 4) is 6.07 Å². The molecule has 5 nitrogen and oxygen atoms in total. The third-order valence-electron chi connectivity index (χ3n) is 3.83. The summed E-state index contributed by atoms with van der Waals surface area (Å²) in [6, 6.07) is 11.2. The van der Waals surface area contributed by atoms with Crippen LogP contribution in [0.5, 0.6) is 0 Å². The molecule has 1 aromatic heterocycles. The van der Waals surface area contributed by atoms with Gasteiger partial charge in [0.05, 0.1) is 17.7 Å². The predicted molar refractivity (Wildman–Crippen MR) is 105 cm³/mol. The van der Waals surface area contributed by atoms with Crippen molar-refractivity contribution >= 4 is 29.4 Å². The Kier molecular flexibility index (Phi) is 6.75. The number of allylic oxidation sites excluding steroid dienone is 3. The first-order chi connectivity index (χ1) is 12.9.